The fourth-order valence-electron chi connectivity index (χ4n) is 2.11. The van der Waals surface area contributed by atoms with Crippen molar-refractivity contribution in [3.05, 3.63) is 23.8 Å². The Labute approximate surface area is 105 Å². The van der Waals surface area contributed by atoms with Gasteiger partial charge in [0.15, 0.2) is 0 Å². The van der Waals surface area contributed by atoms with Crippen molar-refractivity contribution < 1.29 is 20.1 Å². The lowest BCUT2D eigenvalue weighted by Gasteiger charge is -2.37. The van der Waals surface area contributed by atoms with Crippen LogP contribution in [0.3, 0.4) is 0 Å². The van der Waals surface area contributed by atoms with E-state index in [2.05, 4.69) is 0 Å². The Kier molecular flexibility index (Phi) is 3.72. The number of phenols is 2. The summed E-state index contributed by atoms with van der Waals surface area (Å²) in [5, 5.41) is 28.1. The molecule has 1 amide bonds. The van der Waals surface area contributed by atoms with E-state index in [-0.39, 0.29) is 42.2 Å². The van der Waals surface area contributed by atoms with E-state index in [1.54, 1.807) is 4.90 Å². The lowest BCUT2D eigenvalue weighted by molar-refractivity contribution is 0.0522. The first-order valence-electron chi connectivity index (χ1n) is 6.07. The summed E-state index contributed by atoms with van der Waals surface area (Å²) in [4.78, 5) is 13.9. The number of carbonyl (C=O) groups excluding carboxylic acids is 1. The van der Waals surface area contributed by atoms with Crippen LogP contribution in [0.4, 0.5) is 0 Å². The van der Waals surface area contributed by atoms with Gasteiger partial charge in [0.25, 0.3) is 5.91 Å². The highest BCUT2D eigenvalue weighted by Crippen LogP contribution is 2.29. The maximum absolute atomic E-state index is 12.3. The van der Waals surface area contributed by atoms with Gasteiger partial charge in [-0.15, -0.1) is 0 Å². The summed E-state index contributed by atoms with van der Waals surface area (Å²) < 4.78 is 0. The van der Waals surface area contributed by atoms with E-state index in [0.29, 0.717) is 0 Å². The lowest BCUT2D eigenvalue weighted by Crippen LogP contribution is -2.45. The van der Waals surface area contributed by atoms with Gasteiger partial charge in [-0.05, 0) is 37.5 Å². The highest BCUT2D eigenvalue weighted by atomic mass is 16.3. The van der Waals surface area contributed by atoms with Crippen molar-refractivity contribution in [1.29, 1.82) is 0 Å². The van der Waals surface area contributed by atoms with Crippen LogP contribution in [0.25, 0.3) is 0 Å². The van der Waals surface area contributed by atoms with E-state index in [1.807, 2.05) is 0 Å². The van der Waals surface area contributed by atoms with Crippen LogP contribution in [0.2, 0.25) is 0 Å². The molecule has 0 heterocycles. The summed E-state index contributed by atoms with van der Waals surface area (Å²) in [7, 11) is 0. The highest BCUT2D eigenvalue weighted by Gasteiger charge is 2.30. The van der Waals surface area contributed by atoms with Crippen LogP contribution in [-0.2, 0) is 0 Å². The monoisotopic (exact) mass is 251 g/mol. The van der Waals surface area contributed by atoms with E-state index in [0.717, 1.165) is 19.3 Å². The molecule has 5 nitrogen and oxygen atoms in total. The maximum Gasteiger partial charge on any atom is 0.258 e. The molecule has 1 aliphatic carbocycles. The largest absolute Gasteiger partial charge is 0.508 e. The molecular formula is C13H17NO4. The first-order valence-corrected chi connectivity index (χ1v) is 6.07. The average molecular weight is 251 g/mol. The molecule has 1 aliphatic rings. The van der Waals surface area contributed by atoms with Gasteiger partial charge in [0.1, 0.15) is 11.5 Å². The minimum absolute atomic E-state index is 0.0614. The second kappa shape index (κ2) is 5.27. The Hall–Kier alpha value is -1.75. The maximum atomic E-state index is 12.3. The minimum Gasteiger partial charge on any atom is -0.508 e. The van der Waals surface area contributed by atoms with Crippen molar-refractivity contribution >= 4 is 5.91 Å². The summed E-state index contributed by atoms with van der Waals surface area (Å²) >= 11 is 0. The first-order chi connectivity index (χ1) is 8.63. The van der Waals surface area contributed by atoms with Gasteiger partial charge in [0.05, 0.1) is 12.2 Å². The van der Waals surface area contributed by atoms with Crippen molar-refractivity contribution in [3.63, 3.8) is 0 Å². The summed E-state index contributed by atoms with van der Waals surface area (Å²) in [6.45, 7) is 0.139. The Morgan fingerprint density at radius 1 is 1.33 bits per heavy atom. The number of phenolic OH excluding ortho intramolecular Hbond substituents is 2. The molecule has 2 rings (SSSR count). The van der Waals surface area contributed by atoms with Gasteiger partial charge in [-0.1, -0.05) is 0 Å². The van der Waals surface area contributed by atoms with E-state index in [1.165, 1.54) is 18.2 Å². The summed E-state index contributed by atoms with van der Waals surface area (Å²) in [5.41, 5.74) is 0.0790. The van der Waals surface area contributed by atoms with Crippen LogP contribution in [0.5, 0.6) is 11.5 Å². The zero-order valence-electron chi connectivity index (χ0n) is 10.0. The van der Waals surface area contributed by atoms with Crippen LogP contribution >= 0.6 is 0 Å². The third kappa shape index (κ3) is 2.41. The predicted molar refractivity (Wildman–Crippen MR) is 65.5 cm³/mol. The van der Waals surface area contributed by atoms with Gasteiger partial charge in [0, 0.05) is 12.6 Å². The van der Waals surface area contributed by atoms with E-state index < -0.39 is 0 Å². The number of nitrogens with zero attached hydrogens (tertiary/aromatic N) is 1. The van der Waals surface area contributed by atoms with Gasteiger partial charge in [-0.3, -0.25) is 4.79 Å². The third-order valence-corrected chi connectivity index (χ3v) is 3.33. The number of hydrogen-bond acceptors (Lipinski definition) is 4. The number of rotatable bonds is 4. The number of amides is 1. The van der Waals surface area contributed by atoms with E-state index >= 15 is 0 Å². The molecule has 0 atom stereocenters. The molecule has 1 aromatic rings. The van der Waals surface area contributed by atoms with Gasteiger partial charge in [-0.2, -0.15) is 0 Å². The van der Waals surface area contributed by atoms with Gasteiger partial charge >= 0.3 is 0 Å². The molecular weight excluding hydrogens is 234 g/mol. The summed E-state index contributed by atoms with van der Waals surface area (Å²) in [6, 6.07) is 4.00. The zero-order chi connectivity index (χ0) is 13.1. The SMILES string of the molecule is O=C(c1cc(O)ccc1O)N(CCO)C1CCC1. The molecule has 5 heteroatoms. The van der Waals surface area contributed by atoms with Gasteiger partial charge in [-0.25, -0.2) is 0 Å². The topological polar surface area (TPSA) is 81.0 Å². The number of aliphatic hydroxyl groups is 1. The lowest BCUT2D eigenvalue weighted by atomic mass is 9.91. The Bertz CT molecular complexity index is 443. The molecule has 1 fully saturated rings. The quantitative estimate of drug-likeness (QED) is 0.700. The molecule has 0 saturated heterocycles. The molecule has 0 aromatic heterocycles. The van der Waals surface area contributed by atoms with Gasteiger partial charge < -0.3 is 20.2 Å². The summed E-state index contributed by atoms with van der Waals surface area (Å²) in [5.74, 6) is -0.559. The van der Waals surface area contributed by atoms with E-state index in [4.69, 9.17) is 5.11 Å². The number of aromatic hydroxyl groups is 2. The molecule has 3 N–H and O–H groups in total. The van der Waals surface area contributed by atoms with Crippen molar-refractivity contribution in [3.8, 4) is 11.5 Å². The molecule has 18 heavy (non-hydrogen) atoms. The molecule has 1 aromatic carbocycles. The number of benzene rings is 1. The second-order valence-electron chi connectivity index (χ2n) is 4.51. The van der Waals surface area contributed by atoms with Crippen molar-refractivity contribution in [2.45, 2.75) is 25.3 Å². The average Bonchev–Trinajstić information content (AvgIpc) is 2.28. The molecule has 0 radical (unpaired) electrons. The normalized spacial score (nSPS) is 15.2. The van der Waals surface area contributed by atoms with Crippen molar-refractivity contribution in [2.24, 2.45) is 0 Å². The Morgan fingerprint density at radius 2 is 2.06 bits per heavy atom. The zero-order valence-corrected chi connectivity index (χ0v) is 10.0. The molecule has 0 spiro atoms. The minimum atomic E-state index is -0.345. The molecule has 0 bridgehead atoms. The Morgan fingerprint density at radius 3 is 2.61 bits per heavy atom. The summed E-state index contributed by atoms with van der Waals surface area (Å²) in [6.07, 6.45) is 2.92. The van der Waals surface area contributed by atoms with E-state index in [9.17, 15) is 15.0 Å². The van der Waals surface area contributed by atoms with Crippen LogP contribution in [-0.4, -0.2) is 45.3 Å². The smallest absolute Gasteiger partial charge is 0.258 e. The van der Waals surface area contributed by atoms with Crippen LogP contribution in [0, 0.1) is 0 Å². The molecule has 1 saturated carbocycles. The molecule has 0 unspecified atom stereocenters. The fourth-order valence-corrected chi connectivity index (χ4v) is 2.11. The predicted octanol–water partition coefficient (Wildman–Crippen LogP) is 1.08. The third-order valence-electron chi connectivity index (χ3n) is 3.33. The van der Waals surface area contributed by atoms with Crippen molar-refractivity contribution in [1.82, 2.24) is 4.90 Å². The molecule has 98 valence electrons. The standard InChI is InChI=1S/C13H17NO4/c15-7-6-14(9-2-1-3-9)13(18)11-8-10(16)4-5-12(11)17/h4-5,8-9,15-17H,1-3,6-7H2. The molecule has 0 aliphatic heterocycles. The number of hydrogen-bond donors (Lipinski definition) is 3. The number of aliphatic hydroxyl groups excluding tert-OH is 1. The second-order valence-corrected chi connectivity index (χ2v) is 4.51. The highest BCUT2D eigenvalue weighted by molar-refractivity contribution is 5.97. The van der Waals surface area contributed by atoms with Crippen molar-refractivity contribution in [2.75, 3.05) is 13.2 Å². The van der Waals surface area contributed by atoms with Gasteiger partial charge in [0.2, 0.25) is 0 Å². The number of carbonyl (C=O) groups is 1. The Balaban J connectivity index is 2.23. The fraction of sp³-hybridized carbons (Fsp3) is 0.462. The van der Waals surface area contributed by atoms with Crippen LogP contribution in [0.15, 0.2) is 18.2 Å². The van der Waals surface area contributed by atoms with Crippen LogP contribution < -0.4 is 0 Å². The first kappa shape index (κ1) is 12.7. The van der Waals surface area contributed by atoms with Crippen LogP contribution in [0.1, 0.15) is 29.6 Å².